The number of benzene rings is 1. The summed E-state index contributed by atoms with van der Waals surface area (Å²) in [5.74, 6) is 0.391. The first kappa shape index (κ1) is 17.0. The predicted octanol–water partition coefficient (Wildman–Crippen LogP) is 2.15. The maximum atomic E-state index is 12.6. The van der Waals surface area contributed by atoms with Crippen molar-refractivity contribution in [1.29, 1.82) is 0 Å². The van der Waals surface area contributed by atoms with E-state index in [0.717, 1.165) is 17.7 Å². The van der Waals surface area contributed by atoms with Gasteiger partial charge in [-0.15, -0.1) is 0 Å². The molecule has 0 radical (unpaired) electrons. The topological polar surface area (TPSA) is 80.1 Å². The summed E-state index contributed by atoms with van der Waals surface area (Å²) < 4.78 is 1.63. The van der Waals surface area contributed by atoms with E-state index in [2.05, 4.69) is 15.3 Å². The van der Waals surface area contributed by atoms with Crippen molar-refractivity contribution in [2.24, 2.45) is 0 Å². The van der Waals surface area contributed by atoms with Crippen molar-refractivity contribution in [1.82, 2.24) is 14.5 Å². The van der Waals surface area contributed by atoms with E-state index in [4.69, 9.17) is 0 Å². The second-order valence-corrected chi connectivity index (χ2v) is 6.36. The van der Waals surface area contributed by atoms with Crippen LogP contribution in [0.2, 0.25) is 0 Å². The third-order valence-electron chi connectivity index (χ3n) is 4.45. The molecule has 0 fully saturated rings. The lowest BCUT2D eigenvalue weighted by Gasteiger charge is -2.30. The van der Waals surface area contributed by atoms with Crippen molar-refractivity contribution >= 4 is 17.5 Å². The van der Waals surface area contributed by atoms with Crippen molar-refractivity contribution < 1.29 is 4.79 Å². The predicted molar refractivity (Wildman–Crippen MR) is 104 cm³/mol. The molecule has 0 bridgehead atoms. The zero-order chi connectivity index (χ0) is 18.6. The van der Waals surface area contributed by atoms with Crippen LogP contribution in [-0.4, -0.2) is 33.5 Å². The number of rotatable bonds is 4. The van der Waals surface area contributed by atoms with Crippen LogP contribution in [0.5, 0.6) is 0 Å². The highest BCUT2D eigenvalue weighted by Gasteiger charge is 2.22. The first-order chi connectivity index (χ1) is 13.2. The number of pyridine rings is 1. The largest absolute Gasteiger partial charge is 0.333 e. The monoisotopic (exact) mass is 361 g/mol. The molecule has 0 atom stereocenters. The Bertz CT molecular complexity index is 1000. The van der Waals surface area contributed by atoms with Crippen LogP contribution in [0.3, 0.4) is 0 Å². The Morgan fingerprint density at radius 1 is 1.07 bits per heavy atom. The molecule has 3 aromatic rings. The first-order valence-corrected chi connectivity index (χ1v) is 8.83. The summed E-state index contributed by atoms with van der Waals surface area (Å²) in [6.07, 6.45) is 4.13. The number of aromatic nitrogens is 3. The van der Waals surface area contributed by atoms with E-state index in [1.807, 2.05) is 47.4 Å². The number of hydrogen-bond donors (Lipinski definition) is 1. The van der Waals surface area contributed by atoms with E-state index >= 15 is 0 Å². The van der Waals surface area contributed by atoms with Crippen LogP contribution < -0.4 is 15.8 Å². The number of fused-ring (bicyclic) bond motifs is 1. The summed E-state index contributed by atoms with van der Waals surface area (Å²) in [7, 11) is 0. The molecule has 0 aliphatic carbocycles. The molecule has 1 amide bonds. The zero-order valence-electron chi connectivity index (χ0n) is 14.7. The molecular weight excluding hydrogens is 342 g/mol. The van der Waals surface area contributed by atoms with Gasteiger partial charge in [-0.05, 0) is 30.7 Å². The van der Waals surface area contributed by atoms with Gasteiger partial charge in [-0.3, -0.25) is 19.1 Å². The molecule has 7 nitrogen and oxygen atoms in total. The number of para-hydroxylation sites is 1. The lowest BCUT2D eigenvalue weighted by Crippen LogP contribution is -2.42. The van der Waals surface area contributed by atoms with Gasteiger partial charge in [0.05, 0.1) is 5.69 Å². The van der Waals surface area contributed by atoms with Crippen LogP contribution in [0.4, 0.5) is 11.6 Å². The minimum absolute atomic E-state index is 0.111. The lowest BCUT2D eigenvalue weighted by atomic mass is 10.2. The van der Waals surface area contributed by atoms with Crippen LogP contribution in [-0.2, 0) is 11.3 Å². The number of carbonyl (C=O) groups is 1. The Balaban J connectivity index is 1.61. The van der Waals surface area contributed by atoms with E-state index in [1.165, 1.54) is 6.07 Å². The summed E-state index contributed by atoms with van der Waals surface area (Å²) in [4.78, 5) is 35.5. The van der Waals surface area contributed by atoms with E-state index in [0.29, 0.717) is 24.7 Å². The van der Waals surface area contributed by atoms with Gasteiger partial charge in [0.15, 0.2) is 0 Å². The Kier molecular flexibility index (Phi) is 4.65. The van der Waals surface area contributed by atoms with Crippen LogP contribution in [0, 0.1) is 0 Å². The SMILES string of the molecule is O=C(CN1CCCn2c1nc(-c1ccncc1)cc2=O)Nc1ccccc1. The zero-order valence-corrected chi connectivity index (χ0v) is 14.7. The molecule has 1 aliphatic heterocycles. The average Bonchev–Trinajstić information content (AvgIpc) is 2.70. The lowest BCUT2D eigenvalue weighted by molar-refractivity contribution is -0.115. The molecular formula is C20H19N5O2. The molecule has 1 aromatic carbocycles. The highest BCUT2D eigenvalue weighted by atomic mass is 16.2. The van der Waals surface area contributed by atoms with Crippen molar-refractivity contribution in [3.63, 3.8) is 0 Å². The Morgan fingerprint density at radius 3 is 2.63 bits per heavy atom. The average molecular weight is 361 g/mol. The first-order valence-electron chi connectivity index (χ1n) is 8.83. The van der Waals surface area contributed by atoms with Gasteiger partial charge in [0.2, 0.25) is 11.9 Å². The van der Waals surface area contributed by atoms with E-state index in [9.17, 15) is 9.59 Å². The Morgan fingerprint density at radius 2 is 1.85 bits per heavy atom. The Labute approximate surface area is 156 Å². The van der Waals surface area contributed by atoms with E-state index in [-0.39, 0.29) is 18.0 Å². The Hall–Kier alpha value is -3.48. The number of anilines is 2. The third kappa shape index (κ3) is 3.72. The van der Waals surface area contributed by atoms with Gasteiger partial charge in [0, 0.05) is 42.8 Å². The highest BCUT2D eigenvalue weighted by Crippen LogP contribution is 2.21. The smallest absolute Gasteiger partial charge is 0.255 e. The molecule has 1 aliphatic rings. The summed E-state index contributed by atoms with van der Waals surface area (Å²) in [6.45, 7) is 1.42. The van der Waals surface area contributed by atoms with Crippen LogP contribution in [0.15, 0.2) is 65.7 Å². The van der Waals surface area contributed by atoms with E-state index in [1.54, 1.807) is 17.0 Å². The summed E-state index contributed by atoms with van der Waals surface area (Å²) in [6, 6.07) is 14.5. The van der Waals surface area contributed by atoms with Crippen molar-refractivity contribution in [2.75, 3.05) is 23.3 Å². The normalized spacial score (nSPS) is 13.1. The minimum Gasteiger partial charge on any atom is -0.333 e. The molecule has 0 spiro atoms. The summed E-state index contributed by atoms with van der Waals surface area (Å²) >= 11 is 0. The van der Waals surface area contributed by atoms with Gasteiger partial charge in [0.25, 0.3) is 5.56 Å². The number of amides is 1. The van der Waals surface area contributed by atoms with Gasteiger partial charge >= 0.3 is 0 Å². The second-order valence-electron chi connectivity index (χ2n) is 6.36. The minimum atomic E-state index is -0.141. The number of hydrogen-bond acceptors (Lipinski definition) is 5. The van der Waals surface area contributed by atoms with Crippen LogP contribution in [0.25, 0.3) is 11.3 Å². The molecule has 4 rings (SSSR count). The molecule has 7 heteroatoms. The fraction of sp³-hybridized carbons (Fsp3) is 0.200. The molecule has 27 heavy (non-hydrogen) atoms. The maximum absolute atomic E-state index is 12.6. The second kappa shape index (κ2) is 7.41. The van der Waals surface area contributed by atoms with E-state index < -0.39 is 0 Å². The van der Waals surface area contributed by atoms with Gasteiger partial charge in [-0.25, -0.2) is 4.98 Å². The quantitative estimate of drug-likeness (QED) is 0.770. The summed E-state index contributed by atoms with van der Waals surface area (Å²) in [5.41, 5.74) is 2.05. The van der Waals surface area contributed by atoms with Crippen LogP contribution in [0.1, 0.15) is 6.42 Å². The number of carbonyl (C=O) groups excluding carboxylic acids is 1. The molecule has 136 valence electrons. The number of nitrogens with zero attached hydrogens (tertiary/aromatic N) is 4. The van der Waals surface area contributed by atoms with Gasteiger partial charge in [-0.2, -0.15) is 0 Å². The van der Waals surface area contributed by atoms with Crippen molar-refractivity contribution in [2.45, 2.75) is 13.0 Å². The van der Waals surface area contributed by atoms with Gasteiger partial charge in [0.1, 0.15) is 6.54 Å². The van der Waals surface area contributed by atoms with Crippen LogP contribution >= 0.6 is 0 Å². The fourth-order valence-corrected chi connectivity index (χ4v) is 3.18. The van der Waals surface area contributed by atoms with Gasteiger partial charge < -0.3 is 10.2 Å². The van der Waals surface area contributed by atoms with Crippen molar-refractivity contribution in [3.05, 3.63) is 71.3 Å². The molecule has 2 aromatic heterocycles. The molecule has 3 heterocycles. The molecule has 0 saturated heterocycles. The molecule has 0 unspecified atom stereocenters. The molecule has 1 N–H and O–H groups in total. The summed E-state index contributed by atoms with van der Waals surface area (Å²) in [5, 5.41) is 2.88. The number of nitrogens with one attached hydrogen (secondary N) is 1. The van der Waals surface area contributed by atoms with Gasteiger partial charge in [-0.1, -0.05) is 18.2 Å². The standard InChI is InChI=1S/C20H19N5O2/c26-18(22-16-5-2-1-3-6-16)14-24-11-4-12-25-19(27)13-17(23-20(24)25)15-7-9-21-10-8-15/h1-3,5-10,13H,4,11-12,14H2,(H,22,26). The third-order valence-corrected chi connectivity index (χ3v) is 4.45. The molecule has 0 saturated carbocycles. The fourth-order valence-electron chi connectivity index (χ4n) is 3.18. The van der Waals surface area contributed by atoms with Crippen molar-refractivity contribution in [3.8, 4) is 11.3 Å². The highest BCUT2D eigenvalue weighted by molar-refractivity contribution is 5.93. The maximum Gasteiger partial charge on any atom is 0.255 e.